The fourth-order valence-corrected chi connectivity index (χ4v) is 3.21. The van der Waals surface area contributed by atoms with Crippen LogP contribution in [-0.4, -0.2) is 36.7 Å². The largest absolute Gasteiger partial charge is 0.354 e. The van der Waals surface area contributed by atoms with E-state index in [2.05, 4.69) is 67.3 Å². The van der Waals surface area contributed by atoms with Crippen molar-refractivity contribution in [1.29, 1.82) is 0 Å². The first-order valence-electron chi connectivity index (χ1n) is 9.09. The molecule has 0 spiro atoms. The van der Waals surface area contributed by atoms with Crippen LogP contribution >= 0.6 is 0 Å². The summed E-state index contributed by atoms with van der Waals surface area (Å²) in [7, 11) is 0. The van der Waals surface area contributed by atoms with Crippen LogP contribution in [0.25, 0.3) is 17.1 Å². The zero-order valence-electron chi connectivity index (χ0n) is 15.3. The Hall–Kier alpha value is -3.81. The average molecular weight is 370 g/mol. The van der Waals surface area contributed by atoms with E-state index in [-0.39, 0.29) is 0 Å². The van der Waals surface area contributed by atoms with Gasteiger partial charge in [-0.2, -0.15) is 9.67 Å². The van der Waals surface area contributed by atoms with Crippen LogP contribution in [0.5, 0.6) is 0 Å². The predicted octanol–water partition coefficient (Wildman–Crippen LogP) is 3.14. The molecule has 3 heterocycles. The van der Waals surface area contributed by atoms with Gasteiger partial charge < -0.3 is 10.6 Å². The van der Waals surface area contributed by atoms with E-state index in [1.54, 1.807) is 10.9 Å². The number of nitrogens with one attached hydrogen (secondary N) is 2. The molecule has 8 nitrogen and oxygen atoms in total. The monoisotopic (exact) mass is 370 g/mol. The lowest BCUT2D eigenvalue weighted by Crippen LogP contribution is -2.09. The Morgan fingerprint density at radius 3 is 2.82 bits per heavy atom. The second-order valence-electron chi connectivity index (χ2n) is 6.67. The van der Waals surface area contributed by atoms with Gasteiger partial charge >= 0.3 is 0 Å². The maximum absolute atomic E-state index is 4.65. The van der Waals surface area contributed by atoms with E-state index >= 15 is 0 Å². The van der Waals surface area contributed by atoms with Crippen LogP contribution in [0, 0.1) is 6.92 Å². The molecule has 28 heavy (non-hydrogen) atoms. The van der Waals surface area contributed by atoms with Crippen LogP contribution in [0.1, 0.15) is 11.1 Å². The predicted molar refractivity (Wildman–Crippen MR) is 107 cm³/mol. The van der Waals surface area contributed by atoms with Crippen molar-refractivity contribution in [2.45, 2.75) is 13.3 Å². The number of anilines is 3. The van der Waals surface area contributed by atoms with Crippen molar-refractivity contribution < 1.29 is 0 Å². The van der Waals surface area contributed by atoms with Crippen LogP contribution in [-0.2, 0) is 6.42 Å². The summed E-state index contributed by atoms with van der Waals surface area (Å²) in [5.41, 5.74) is 5.05. The molecule has 0 bridgehead atoms. The Morgan fingerprint density at radius 2 is 1.93 bits per heavy atom. The Morgan fingerprint density at radius 1 is 1.07 bits per heavy atom. The summed E-state index contributed by atoms with van der Waals surface area (Å²) in [6, 6.07) is 16.4. The van der Waals surface area contributed by atoms with Crippen LogP contribution in [0.2, 0.25) is 0 Å². The summed E-state index contributed by atoms with van der Waals surface area (Å²) in [6.45, 7) is 2.84. The third kappa shape index (κ3) is 2.94. The van der Waals surface area contributed by atoms with Crippen LogP contribution < -0.4 is 10.6 Å². The number of nitrogens with zero attached hydrogens (tertiary/aromatic N) is 6. The number of aromatic nitrogens is 6. The molecule has 1 aliphatic rings. The number of rotatable bonds is 4. The molecule has 0 unspecified atom stereocenters. The Bertz CT molecular complexity index is 1130. The molecule has 0 radical (unpaired) electrons. The Kier molecular flexibility index (Phi) is 3.93. The van der Waals surface area contributed by atoms with Gasteiger partial charge in [-0.25, -0.2) is 4.98 Å². The molecule has 5 rings (SSSR count). The molecule has 0 aliphatic carbocycles. The molecule has 0 saturated carbocycles. The number of aryl methyl sites for hydroxylation is 1. The zero-order valence-corrected chi connectivity index (χ0v) is 15.3. The lowest BCUT2D eigenvalue weighted by molar-refractivity contribution is 0.793. The molecule has 0 fully saturated rings. The third-order valence-electron chi connectivity index (χ3n) is 4.70. The Balaban J connectivity index is 1.41. The molecule has 0 amide bonds. The summed E-state index contributed by atoms with van der Waals surface area (Å²) in [4.78, 5) is 9.10. The summed E-state index contributed by atoms with van der Waals surface area (Å²) in [5, 5.41) is 18.8. The van der Waals surface area contributed by atoms with Gasteiger partial charge in [0.15, 0.2) is 5.82 Å². The van der Waals surface area contributed by atoms with Gasteiger partial charge in [0.05, 0.1) is 16.9 Å². The first-order valence-corrected chi connectivity index (χ1v) is 9.09. The molecule has 2 aromatic heterocycles. The molecule has 4 aromatic rings. The van der Waals surface area contributed by atoms with Gasteiger partial charge in [0, 0.05) is 12.7 Å². The van der Waals surface area contributed by atoms with Crippen molar-refractivity contribution in [3.05, 3.63) is 65.9 Å². The first-order chi connectivity index (χ1) is 13.8. The van der Waals surface area contributed by atoms with E-state index in [9.17, 15) is 0 Å². The van der Waals surface area contributed by atoms with E-state index in [0.29, 0.717) is 17.6 Å². The van der Waals surface area contributed by atoms with Gasteiger partial charge in [0.25, 0.3) is 0 Å². The molecule has 2 aromatic carbocycles. The lowest BCUT2D eigenvalue weighted by Gasteiger charge is -2.10. The second kappa shape index (κ2) is 6.73. The van der Waals surface area contributed by atoms with Gasteiger partial charge in [-0.1, -0.05) is 42.0 Å². The zero-order chi connectivity index (χ0) is 18.9. The van der Waals surface area contributed by atoms with Gasteiger partial charge in [-0.05, 0) is 41.5 Å². The first kappa shape index (κ1) is 16.4. The highest BCUT2D eigenvalue weighted by Gasteiger charge is 2.23. The number of benzene rings is 2. The molecule has 8 heteroatoms. The third-order valence-corrected chi connectivity index (χ3v) is 4.70. The SMILES string of the molecule is Cc1ccc(CCNc2ncc3c(n2)Nc2ccccc2-n2nnnc2-3)cc1. The molecular weight excluding hydrogens is 352 g/mol. The molecular formula is C20H18N8. The Labute approximate surface area is 161 Å². The van der Waals surface area contributed by atoms with Crippen molar-refractivity contribution in [1.82, 2.24) is 30.2 Å². The highest BCUT2D eigenvalue weighted by molar-refractivity contribution is 5.81. The summed E-state index contributed by atoms with van der Waals surface area (Å²) in [5.74, 6) is 1.85. The average Bonchev–Trinajstić information content (AvgIpc) is 3.15. The van der Waals surface area contributed by atoms with E-state index < -0.39 is 0 Å². The number of hydrogen-bond donors (Lipinski definition) is 2. The topological polar surface area (TPSA) is 93.4 Å². The molecule has 0 atom stereocenters. The van der Waals surface area contributed by atoms with Crippen molar-refractivity contribution >= 4 is 17.5 Å². The minimum absolute atomic E-state index is 0.566. The van der Waals surface area contributed by atoms with Crippen molar-refractivity contribution in [3.63, 3.8) is 0 Å². The minimum atomic E-state index is 0.566. The highest BCUT2D eigenvalue weighted by Crippen LogP contribution is 2.35. The highest BCUT2D eigenvalue weighted by atomic mass is 15.5. The van der Waals surface area contributed by atoms with Crippen LogP contribution in [0.15, 0.2) is 54.7 Å². The smallest absolute Gasteiger partial charge is 0.224 e. The molecule has 1 aliphatic heterocycles. The second-order valence-corrected chi connectivity index (χ2v) is 6.67. The number of hydrogen-bond acceptors (Lipinski definition) is 7. The van der Waals surface area contributed by atoms with Gasteiger partial charge in [-0.15, -0.1) is 5.10 Å². The van der Waals surface area contributed by atoms with Gasteiger partial charge in [0.1, 0.15) is 5.82 Å². The fourth-order valence-electron chi connectivity index (χ4n) is 3.21. The maximum Gasteiger partial charge on any atom is 0.224 e. The normalized spacial score (nSPS) is 11.6. The quantitative estimate of drug-likeness (QED) is 0.502. The van der Waals surface area contributed by atoms with Crippen molar-refractivity contribution in [3.8, 4) is 17.1 Å². The number of tetrazole rings is 1. The summed E-state index contributed by atoms with van der Waals surface area (Å²) < 4.78 is 1.70. The summed E-state index contributed by atoms with van der Waals surface area (Å²) >= 11 is 0. The number of para-hydroxylation sites is 2. The van der Waals surface area contributed by atoms with E-state index in [1.807, 2.05) is 24.3 Å². The molecule has 138 valence electrons. The van der Waals surface area contributed by atoms with Crippen LogP contribution in [0.4, 0.5) is 17.5 Å². The van der Waals surface area contributed by atoms with Crippen LogP contribution in [0.3, 0.4) is 0 Å². The minimum Gasteiger partial charge on any atom is -0.354 e. The van der Waals surface area contributed by atoms with Gasteiger partial charge in [0.2, 0.25) is 5.95 Å². The lowest BCUT2D eigenvalue weighted by atomic mass is 10.1. The molecule has 0 saturated heterocycles. The van der Waals surface area contributed by atoms with E-state index in [1.165, 1.54) is 11.1 Å². The number of fused-ring (bicyclic) bond motifs is 5. The van der Waals surface area contributed by atoms with Gasteiger partial charge in [-0.3, -0.25) is 0 Å². The fraction of sp³-hybridized carbons (Fsp3) is 0.150. The van der Waals surface area contributed by atoms with E-state index in [0.717, 1.165) is 29.9 Å². The summed E-state index contributed by atoms with van der Waals surface area (Å²) in [6.07, 6.45) is 2.65. The molecule has 2 N–H and O–H groups in total. The van der Waals surface area contributed by atoms with Crippen molar-refractivity contribution in [2.75, 3.05) is 17.2 Å². The van der Waals surface area contributed by atoms with E-state index in [4.69, 9.17) is 0 Å². The van der Waals surface area contributed by atoms with Crippen molar-refractivity contribution in [2.24, 2.45) is 0 Å². The maximum atomic E-state index is 4.65. The standard InChI is InChI=1S/C20H18N8/c1-13-6-8-14(9-7-13)10-11-21-20-22-12-15-18(24-20)23-16-4-2-3-5-17(16)28-19(15)25-26-27-28/h2-9,12H,10-11H2,1H3,(H2,21,22,23,24).